The van der Waals surface area contributed by atoms with Gasteiger partial charge < -0.3 is 10.6 Å². The maximum Gasteiger partial charge on any atom is 0.216 e. The molecule has 1 aliphatic heterocycles. The third-order valence-electron chi connectivity index (χ3n) is 4.27. The van der Waals surface area contributed by atoms with Crippen LogP contribution in [-0.2, 0) is 22.3 Å². The number of nitrogens with two attached hydrogens (primary N) is 1. The number of hydrogen-bond acceptors (Lipinski definition) is 3. The molecule has 0 aromatic heterocycles. The van der Waals surface area contributed by atoms with E-state index in [2.05, 4.69) is 21.5 Å². The van der Waals surface area contributed by atoms with Gasteiger partial charge in [-0.3, -0.25) is 0 Å². The van der Waals surface area contributed by atoms with E-state index in [9.17, 15) is 8.42 Å². The number of benzene rings is 1. The van der Waals surface area contributed by atoms with Crippen LogP contribution in [0.2, 0.25) is 0 Å². The fourth-order valence-corrected chi connectivity index (χ4v) is 4.61. The number of aliphatic imine (C=N–C) groups is 1. The molecular formula is C18H31IN4O2S. The summed E-state index contributed by atoms with van der Waals surface area (Å²) in [5, 5.41) is 0. The Hall–Kier alpha value is -0.870. The van der Waals surface area contributed by atoms with Gasteiger partial charge in [-0.25, -0.2) is 18.1 Å². The first-order valence-electron chi connectivity index (χ1n) is 8.88. The minimum atomic E-state index is -3.36. The highest BCUT2D eigenvalue weighted by Crippen LogP contribution is 2.16. The first-order chi connectivity index (χ1) is 11.8. The van der Waals surface area contributed by atoms with Crippen molar-refractivity contribution in [3.8, 4) is 0 Å². The highest BCUT2D eigenvalue weighted by atomic mass is 127. The monoisotopic (exact) mass is 494 g/mol. The normalized spacial score (nSPS) is 18.7. The fourth-order valence-electron chi connectivity index (χ4n) is 3.12. The average Bonchev–Trinajstić information content (AvgIpc) is 2.52. The maximum atomic E-state index is 12.2. The molecule has 1 aliphatic rings. The molecule has 1 unspecified atom stereocenters. The molecule has 0 spiro atoms. The average molecular weight is 494 g/mol. The number of nitrogens with zero attached hydrogens (tertiary/aromatic N) is 2. The van der Waals surface area contributed by atoms with Crippen LogP contribution in [0.5, 0.6) is 0 Å². The zero-order valence-corrected chi connectivity index (χ0v) is 19.0. The zero-order valence-electron chi connectivity index (χ0n) is 15.8. The predicted octanol–water partition coefficient (Wildman–Crippen LogP) is 2.68. The van der Waals surface area contributed by atoms with E-state index in [4.69, 9.17) is 5.73 Å². The quantitative estimate of drug-likeness (QED) is 0.362. The van der Waals surface area contributed by atoms with E-state index in [-0.39, 0.29) is 35.8 Å². The lowest BCUT2D eigenvalue weighted by Crippen LogP contribution is -2.43. The van der Waals surface area contributed by atoms with Crippen molar-refractivity contribution in [3.05, 3.63) is 35.4 Å². The van der Waals surface area contributed by atoms with Crippen LogP contribution in [0.1, 0.15) is 44.7 Å². The highest BCUT2D eigenvalue weighted by molar-refractivity contribution is 14.0. The van der Waals surface area contributed by atoms with E-state index in [0.29, 0.717) is 18.4 Å². The van der Waals surface area contributed by atoms with Gasteiger partial charge in [0.25, 0.3) is 0 Å². The molecule has 1 fully saturated rings. The van der Waals surface area contributed by atoms with Crippen molar-refractivity contribution in [3.63, 3.8) is 0 Å². The molecule has 0 aliphatic carbocycles. The van der Waals surface area contributed by atoms with Crippen molar-refractivity contribution in [2.45, 2.75) is 52.0 Å². The number of nitrogens with one attached hydrogen (secondary N) is 1. The van der Waals surface area contributed by atoms with E-state index in [1.165, 1.54) is 6.42 Å². The number of guanidine groups is 1. The van der Waals surface area contributed by atoms with Gasteiger partial charge in [0.15, 0.2) is 5.96 Å². The first kappa shape index (κ1) is 23.2. The lowest BCUT2D eigenvalue weighted by molar-refractivity contribution is 0.270. The standard InChI is InChI=1S/C18H30N4O2S.HI/c1-14(2)21-25(23,24)13-17-9-5-4-8-16(17)11-20-18(19)22-10-6-7-15(3)12-22;/h4-5,8-9,14-15,21H,6-7,10-13H2,1-3H3,(H2,19,20);1H. The molecule has 8 heteroatoms. The molecule has 1 aromatic rings. The Kier molecular flexibility index (Phi) is 9.32. The molecule has 1 aromatic carbocycles. The maximum absolute atomic E-state index is 12.2. The van der Waals surface area contributed by atoms with Crippen LogP contribution in [-0.4, -0.2) is 38.4 Å². The van der Waals surface area contributed by atoms with Gasteiger partial charge in [-0.2, -0.15) is 0 Å². The summed E-state index contributed by atoms with van der Waals surface area (Å²) in [6, 6.07) is 7.38. The fraction of sp³-hybridized carbons (Fsp3) is 0.611. The van der Waals surface area contributed by atoms with Crippen LogP contribution in [0.25, 0.3) is 0 Å². The lowest BCUT2D eigenvalue weighted by atomic mass is 10.0. The Labute approximate surface area is 174 Å². The molecule has 0 radical (unpaired) electrons. The molecule has 1 heterocycles. The number of sulfonamides is 1. The van der Waals surface area contributed by atoms with Crippen LogP contribution in [0, 0.1) is 5.92 Å². The molecule has 1 saturated heterocycles. The zero-order chi connectivity index (χ0) is 18.4. The summed E-state index contributed by atoms with van der Waals surface area (Å²) in [4.78, 5) is 6.63. The van der Waals surface area contributed by atoms with E-state index in [1.54, 1.807) is 0 Å². The Balaban J connectivity index is 0.00000338. The minimum Gasteiger partial charge on any atom is -0.370 e. The molecule has 148 valence electrons. The third kappa shape index (κ3) is 7.40. The number of piperidine rings is 1. The van der Waals surface area contributed by atoms with Gasteiger partial charge >= 0.3 is 0 Å². The second-order valence-corrected chi connectivity index (χ2v) is 8.92. The summed E-state index contributed by atoms with van der Waals surface area (Å²) in [7, 11) is -3.36. The predicted molar refractivity (Wildman–Crippen MR) is 118 cm³/mol. The van der Waals surface area contributed by atoms with Gasteiger partial charge in [-0.15, -0.1) is 24.0 Å². The Bertz CT molecular complexity index is 707. The second kappa shape index (κ2) is 10.5. The summed E-state index contributed by atoms with van der Waals surface area (Å²) in [6.07, 6.45) is 2.36. The van der Waals surface area contributed by atoms with Crippen molar-refractivity contribution in [1.82, 2.24) is 9.62 Å². The van der Waals surface area contributed by atoms with Crippen molar-refractivity contribution >= 4 is 40.0 Å². The van der Waals surface area contributed by atoms with E-state index >= 15 is 0 Å². The van der Waals surface area contributed by atoms with Crippen LogP contribution in [0.4, 0.5) is 0 Å². The van der Waals surface area contributed by atoms with E-state index in [1.807, 2.05) is 38.1 Å². The van der Waals surface area contributed by atoms with Gasteiger partial charge in [-0.1, -0.05) is 31.2 Å². The molecule has 0 saturated carbocycles. The topological polar surface area (TPSA) is 87.8 Å². The second-order valence-electron chi connectivity index (χ2n) is 7.17. The minimum absolute atomic E-state index is 0. The van der Waals surface area contributed by atoms with Gasteiger partial charge in [-0.05, 0) is 43.7 Å². The lowest BCUT2D eigenvalue weighted by Gasteiger charge is -2.31. The van der Waals surface area contributed by atoms with Crippen molar-refractivity contribution in [2.75, 3.05) is 13.1 Å². The smallest absolute Gasteiger partial charge is 0.216 e. The van der Waals surface area contributed by atoms with Gasteiger partial charge in [0, 0.05) is 19.1 Å². The summed E-state index contributed by atoms with van der Waals surface area (Å²) >= 11 is 0. The van der Waals surface area contributed by atoms with Gasteiger partial charge in [0.05, 0.1) is 12.3 Å². The van der Waals surface area contributed by atoms with Crippen LogP contribution >= 0.6 is 24.0 Å². The molecule has 0 amide bonds. The SMILES string of the molecule is CC1CCCN(C(N)=NCc2ccccc2CS(=O)(=O)NC(C)C)C1.I. The highest BCUT2D eigenvalue weighted by Gasteiger charge is 2.18. The summed E-state index contributed by atoms with van der Waals surface area (Å²) < 4.78 is 27.0. The van der Waals surface area contributed by atoms with Crippen molar-refractivity contribution in [2.24, 2.45) is 16.6 Å². The molecule has 2 rings (SSSR count). The van der Waals surface area contributed by atoms with Crippen molar-refractivity contribution < 1.29 is 8.42 Å². The number of likely N-dealkylation sites (tertiary alicyclic amines) is 1. The molecule has 1 atom stereocenters. The summed E-state index contributed by atoms with van der Waals surface area (Å²) in [5.41, 5.74) is 7.80. The molecule has 3 N–H and O–H groups in total. The number of rotatable bonds is 6. The van der Waals surface area contributed by atoms with E-state index in [0.717, 1.165) is 30.6 Å². The summed E-state index contributed by atoms with van der Waals surface area (Å²) in [6.45, 7) is 8.12. The van der Waals surface area contributed by atoms with E-state index < -0.39 is 10.0 Å². The number of hydrogen-bond donors (Lipinski definition) is 2. The Morgan fingerprint density at radius 1 is 1.35 bits per heavy atom. The van der Waals surface area contributed by atoms with Crippen LogP contribution < -0.4 is 10.5 Å². The Morgan fingerprint density at radius 2 is 2.00 bits per heavy atom. The van der Waals surface area contributed by atoms with Crippen LogP contribution in [0.15, 0.2) is 29.3 Å². The van der Waals surface area contributed by atoms with Gasteiger partial charge in [0.1, 0.15) is 0 Å². The molecule has 26 heavy (non-hydrogen) atoms. The van der Waals surface area contributed by atoms with Crippen LogP contribution in [0.3, 0.4) is 0 Å². The Morgan fingerprint density at radius 3 is 2.62 bits per heavy atom. The molecule has 6 nitrogen and oxygen atoms in total. The summed E-state index contributed by atoms with van der Waals surface area (Å²) in [5.74, 6) is 1.13. The number of halogens is 1. The molecule has 0 bridgehead atoms. The van der Waals surface area contributed by atoms with Gasteiger partial charge in [0.2, 0.25) is 10.0 Å². The molecular weight excluding hydrogens is 463 g/mol. The first-order valence-corrected chi connectivity index (χ1v) is 10.5. The van der Waals surface area contributed by atoms with Crippen molar-refractivity contribution in [1.29, 1.82) is 0 Å². The third-order valence-corrected chi connectivity index (χ3v) is 5.79. The largest absolute Gasteiger partial charge is 0.370 e.